The van der Waals surface area contributed by atoms with Gasteiger partial charge in [0.1, 0.15) is 0 Å². The Labute approximate surface area is 104 Å². The third-order valence-corrected chi connectivity index (χ3v) is 2.85. The van der Waals surface area contributed by atoms with Crippen molar-refractivity contribution in [1.82, 2.24) is 5.32 Å². The predicted molar refractivity (Wildman–Crippen MR) is 73.7 cm³/mol. The minimum absolute atomic E-state index is 0.130. The van der Waals surface area contributed by atoms with Crippen molar-refractivity contribution in [2.75, 3.05) is 31.6 Å². The van der Waals surface area contributed by atoms with Gasteiger partial charge in [-0.2, -0.15) is 0 Å². The van der Waals surface area contributed by atoms with E-state index in [0.29, 0.717) is 0 Å². The van der Waals surface area contributed by atoms with Crippen LogP contribution in [0, 0.1) is 13.8 Å². The summed E-state index contributed by atoms with van der Waals surface area (Å²) in [5.74, 6) is 0. The van der Waals surface area contributed by atoms with E-state index in [-0.39, 0.29) is 12.6 Å². The normalized spacial score (nSPS) is 12.5. The molecule has 1 aromatic carbocycles. The van der Waals surface area contributed by atoms with Crippen molar-refractivity contribution in [3.05, 3.63) is 29.3 Å². The molecule has 0 bridgehead atoms. The van der Waals surface area contributed by atoms with E-state index < -0.39 is 0 Å². The first-order valence-electron chi connectivity index (χ1n) is 6.20. The largest absolute Gasteiger partial charge is 0.395 e. The zero-order chi connectivity index (χ0) is 12.8. The number of anilines is 1. The number of aliphatic hydroxyl groups is 1. The molecule has 3 heteroatoms. The van der Waals surface area contributed by atoms with Crippen molar-refractivity contribution < 1.29 is 5.11 Å². The number of nitrogens with zero attached hydrogens (tertiary/aromatic N) is 1. The average Bonchev–Trinajstić information content (AvgIpc) is 2.27. The molecule has 0 aliphatic carbocycles. The number of rotatable bonds is 6. The van der Waals surface area contributed by atoms with Crippen LogP contribution in [-0.4, -0.2) is 37.9 Å². The van der Waals surface area contributed by atoms with Crippen LogP contribution in [-0.2, 0) is 0 Å². The molecule has 1 unspecified atom stereocenters. The average molecular weight is 236 g/mol. The summed E-state index contributed by atoms with van der Waals surface area (Å²) < 4.78 is 0. The Morgan fingerprint density at radius 1 is 1.24 bits per heavy atom. The van der Waals surface area contributed by atoms with Gasteiger partial charge in [-0.3, -0.25) is 0 Å². The summed E-state index contributed by atoms with van der Waals surface area (Å²) in [4.78, 5) is 2.18. The molecule has 3 nitrogen and oxygen atoms in total. The second-order valence-corrected chi connectivity index (χ2v) is 4.66. The van der Waals surface area contributed by atoms with Gasteiger partial charge in [0.2, 0.25) is 0 Å². The fourth-order valence-electron chi connectivity index (χ4n) is 2.08. The summed E-state index contributed by atoms with van der Waals surface area (Å²) in [5, 5.41) is 12.5. The van der Waals surface area contributed by atoms with Gasteiger partial charge >= 0.3 is 0 Å². The zero-order valence-electron chi connectivity index (χ0n) is 11.3. The Balaban J connectivity index is 2.71. The molecule has 0 aliphatic heterocycles. The van der Waals surface area contributed by atoms with Crippen LogP contribution >= 0.6 is 0 Å². The fraction of sp³-hybridized carbons (Fsp3) is 0.571. The van der Waals surface area contributed by atoms with Crippen LogP contribution in [0.5, 0.6) is 0 Å². The molecule has 0 fully saturated rings. The summed E-state index contributed by atoms with van der Waals surface area (Å²) >= 11 is 0. The van der Waals surface area contributed by atoms with Gasteiger partial charge in [0, 0.05) is 25.3 Å². The summed E-state index contributed by atoms with van der Waals surface area (Å²) in [5.41, 5.74) is 3.76. The molecule has 2 N–H and O–H groups in total. The van der Waals surface area contributed by atoms with E-state index in [1.54, 1.807) is 0 Å². The molecule has 0 aromatic heterocycles. The number of hydrogen-bond acceptors (Lipinski definition) is 3. The molecule has 0 saturated carbocycles. The molecule has 0 aliphatic rings. The lowest BCUT2D eigenvalue weighted by molar-refractivity contribution is 0.246. The Kier molecular flexibility index (Phi) is 5.45. The predicted octanol–water partition coefficient (Wildman–Crippen LogP) is 1.71. The lowest BCUT2D eigenvalue weighted by Gasteiger charge is -2.25. The number of aliphatic hydroxyl groups excluding tert-OH is 1. The van der Waals surface area contributed by atoms with Crippen LogP contribution in [0.2, 0.25) is 0 Å². The minimum atomic E-state index is 0.130. The topological polar surface area (TPSA) is 35.5 Å². The van der Waals surface area contributed by atoms with Gasteiger partial charge in [-0.1, -0.05) is 13.0 Å². The summed E-state index contributed by atoms with van der Waals surface area (Å²) in [6.07, 6.45) is 0. The smallest absolute Gasteiger partial charge is 0.0601 e. The molecular formula is C14H24N2O. The highest BCUT2D eigenvalue weighted by molar-refractivity contribution is 5.50. The molecule has 0 heterocycles. The van der Waals surface area contributed by atoms with Crippen LogP contribution in [0.25, 0.3) is 0 Å². The molecule has 0 radical (unpaired) electrons. The Hall–Kier alpha value is -1.06. The number of nitrogens with one attached hydrogen (secondary N) is 1. The van der Waals surface area contributed by atoms with Crippen LogP contribution in [0.1, 0.15) is 18.1 Å². The van der Waals surface area contributed by atoms with E-state index >= 15 is 0 Å². The highest BCUT2D eigenvalue weighted by atomic mass is 16.3. The van der Waals surface area contributed by atoms with Gasteiger partial charge < -0.3 is 15.3 Å². The van der Waals surface area contributed by atoms with Crippen LogP contribution in [0.4, 0.5) is 5.69 Å². The van der Waals surface area contributed by atoms with E-state index in [1.807, 2.05) is 0 Å². The van der Waals surface area contributed by atoms with Crippen molar-refractivity contribution in [3.8, 4) is 0 Å². The van der Waals surface area contributed by atoms with Crippen LogP contribution in [0.3, 0.4) is 0 Å². The van der Waals surface area contributed by atoms with Crippen molar-refractivity contribution >= 4 is 5.69 Å². The first-order chi connectivity index (χ1) is 8.06. The molecule has 1 aromatic rings. The van der Waals surface area contributed by atoms with Gasteiger partial charge in [0.15, 0.2) is 0 Å². The maximum atomic E-state index is 9.27. The number of likely N-dealkylation sites (N-methyl/N-ethyl adjacent to an activating group) is 2. The SMILES string of the molecule is CCNC(CO)CN(C)c1cc(C)cc(C)c1. The van der Waals surface area contributed by atoms with E-state index in [1.165, 1.54) is 16.8 Å². The molecule has 0 spiro atoms. The molecule has 1 atom stereocenters. The third kappa shape index (κ3) is 4.36. The zero-order valence-corrected chi connectivity index (χ0v) is 11.3. The quantitative estimate of drug-likeness (QED) is 0.789. The molecule has 96 valence electrons. The first kappa shape index (κ1) is 14.0. The van der Waals surface area contributed by atoms with Crippen molar-refractivity contribution in [2.24, 2.45) is 0 Å². The number of aryl methyl sites for hydroxylation is 2. The van der Waals surface area contributed by atoms with Crippen LogP contribution in [0.15, 0.2) is 18.2 Å². The van der Waals surface area contributed by atoms with E-state index in [9.17, 15) is 5.11 Å². The Morgan fingerprint density at radius 3 is 2.29 bits per heavy atom. The van der Waals surface area contributed by atoms with Crippen LogP contribution < -0.4 is 10.2 Å². The van der Waals surface area contributed by atoms with Crippen molar-refractivity contribution in [1.29, 1.82) is 0 Å². The lowest BCUT2D eigenvalue weighted by atomic mass is 10.1. The van der Waals surface area contributed by atoms with Crippen molar-refractivity contribution in [3.63, 3.8) is 0 Å². The highest BCUT2D eigenvalue weighted by Crippen LogP contribution is 2.17. The van der Waals surface area contributed by atoms with Gasteiger partial charge in [-0.25, -0.2) is 0 Å². The van der Waals surface area contributed by atoms with E-state index in [0.717, 1.165) is 13.1 Å². The Bertz CT molecular complexity index is 332. The maximum absolute atomic E-state index is 9.27. The molecular weight excluding hydrogens is 212 g/mol. The Morgan fingerprint density at radius 2 is 1.82 bits per heavy atom. The third-order valence-electron chi connectivity index (χ3n) is 2.85. The molecule has 1 rings (SSSR count). The van der Waals surface area contributed by atoms with Gasteiger partial charge in [-0.15, -0.1) is 0 Å². The van der Waals surface area contributed by atoms with Crippen molar-refractivity contribution in [2.45, 2.75) is 26.8 Å². The van der Waals surface area contributed by atoms with E-state index in [2.05, 4.69) is 56.2 Å². The van der Waals surface area contributed by atoms with Gasteiger partial charge in [-0.05, 0) is 43.7 Å². The van der Waals surface area contributed by atoms with Gasteiger partial charge in [0.05, 0.1) is 6.61 Å². The molecule has 0 saturated heterocycles. The first-order valence-corrected chi connectivity index (χ1v) is 6.20. The fourth-order valence-corrected chi connectivity index (χ4v) is 2.08. The molecule has 0 amide bonds. The number of hydrogen-bond donors (Lipinski definition) is 2. The second-order valence-electron chi connectivity index (χ2n) is 4.66. The minimum Gasteiger partial charge on any atom is -0.395 e. The van der Waals surface area contributed by atoms with E-state index in [4.69, 9.17) is 0 Å². The maximum Gasteiger partial charge on any atom is 0.0601 e. The standard InChI is InChI=1S/C14H24N2O/c1-5-15-13(10-17)9-16(4)14-7-11(2)6-12(3)8-14/h6-8,13,15,17H,5,9-10H2,1-4H3. The highest BCUT2D eigenvalue weighted by Gasteiger charge is 2.10. The molecule has 17 heavy (non-hydrogen) atoms. The lowest BCUT2D eigenvalue weighted by Crippen LogP contribution is -2.42. The summed E-state index contributed by atoms with van der Waals surface area (Å²) in [6, 6.07) is 6.65. The number of benzene rings is 1. The summed E-state index contributed by atoms with van der Waals surface area (Å²) in [7, 11) is 2.06. The van der Waals surface area contributed by atoms with Gasteiger partial charge in [0.25, 0.3) is 0 Å². The monoisotopic (exact) mass is 236 g/mol. The second kappa shape index (κ2) is 6.62. The summed E-state index contributed by atoms with van der Waals surface area (Å²) in [6.45, 7) is 8.14.